The third-order valence-corrected chi connectivity index (χ3v) is 9.30. The van der Waals surface area contributed by atoms with Crippen molar-refractivity contribution in [1.82, 2.24) is 18.8 Å². The van der Waals surface area contributed by atoms with E-state index in [4.69, 9.17) is 0 Å². The maximum atomic E-state index is 13.4. The van der Waals surface area contributed by atoms with Crippen molar-refractivity contribution in [2.24, 2.45) is 0 Å². The molecule has 35 heavy (non-hydrogen) atoms. The van der Waals surface area contributed by atoms with E-state index >= 15 is 0 Å². The summed E-state index contributed by atoms with van der Waals surface area (Å²) in [6, 6.07) is 13.5. The third kappa shape index (κ3) is 5.14. The minimum absolute atomic E-state index is 0.0432. The first-order chi connectivity index (χ1) is 16.9. The Hall–Kier alpha value is -2.71. The second-order valence-corrected chi connectivity index (χ2v) is 11.8. The molecule has 1 aromatic carbocycles. The van der Waals surface area contributed by atoms with Crippen molar-refractivity contribution in [1.29, 1.82) is 0 Å². The maximum Gasteiger partial charge on any atom is 0.257 e. The Morgan fingerprint density at radius 1 is 0.971 bits per heavy atom. The van der Waals surface area contributed by atoms with Crippen molar-refractivity contribution in [2.45, 2.75) is 57.1 Å². The van der Waals surface area contributed by atoms with Crippen molar-refractivity contribution in [2.75, 3.05) is 26.2 Å². The summed E-state index contributed by atoms with van der Waals surface area (Å²) in [6.45, 7) is 4.57. The zero-order valence-electron chi connectivity index (χ0n) is 20.4. The zero-order valence-corrected chi connectivity index (χ0v) is 21.2. The number of rotatable bonds is 5. The number of aromatic nitrogens is 2. The van der Waals surface area contributed by atoms with Crippen molar-refractivity contribution in [3.8, 4) is 0 Å². The monoisotopic (exact) mass is 494 g/mol. The maximum absolute atomic E-state index is 13.4. The molecule has 0 radical (unpaired) electrons. The fourth-order valence-corrected chi connectivity index (χ4v) is 7.04. The molecule has 0 aliphatic carbocycles. The van der Waals surface area contributed by atoms with Crippen LogP contribution in [0.1, 0.15) is 71.6 Å². The van der Waals surface area contributed by atoms with Crippen LogP contribution in [0.15, 0.2) is 48.7 Å². The standard InChI is InChI=1S/C27H34N4O3S/c1-21-26(27(32)29-14-7-2-3-8-15-29)25-19-24(13-18-31(25)28-21)23-11-16-30(17-12-23)35(33,34)20-22-9-5-4-6-10-22/h4-6,9-10,13,18-19,23H,2-3,7-8,11-12,14-17,20H2,1H3. The van der Waals surface area contributed by atoms with Crippen molar-refractivity contribution >= 4 is 21.4 Å². The van der Waals surface area contributed by atoms with Gasteiger partial charge in [-0.15, -0.1) is 0 Å². The summed E-state index contributed by atoms with van der Waals surface area (Å²) in [5, 5.41) is 4.60. The van der Waals surface area contributed by atoms with Crippen LogP contribution in [0, 0.1) is 6.92 Å². The summed E-state index contributed by atoms with van der Waals surface area (Å²) in [5.41, 5.74) is 4.29. The molecule has 2 aromatic heterocycles. The second-order valence-electron chi connectivity index (χ2n) is 9.87. The average molecular weight is 495 g/mol. The lowest BCUT2D eigenvalue weighted by Crippen LogP contribution is -2.38. The minimum atomic E-state index is -3.34. The molecule has 0 bridgehead atoms. The van der Waals surface area contributed by atoms with Crippen LogP contribution < -0.4 is 0 Å². The molecule has 3 aromatic rings. The van der Waals surface area contributed by atoms with Crippen LogP contribution in [0.2, 0.25) is 0 Å². The van der Waals surface area contributed by atoms with E-state index in [-0.39, 0.29) is 17.6 Å². The molecule has 0 saturated carbocycles. The molecule has 2 aliphatic heterocycles. The van der Waals surface area contributed by atoms with Crippen LogP contribution in [0.3, 0.4) is 0 Å². The fourth-order valence-electron chi connectivity index (χ4n) is 5.47. The van der Waals surface area contributed by atoms with Crippen molar-refractivity contribution < 1.29 is 13.2 Å². The lowest BCUT2D eigenvalue weighted by molar-refractivity contribution is 0.0763. The molecule has 186 valence electrons. The fraction of sp³-hybridized carbons (Fsp3) is 0.481. The van der Waals surface area contributed by atoms with E-state index in [2.05, 4.69) is 17.2 Å². The number of pyridine rings is 1. The van der Waals surface area contributed by atoms with Crippen LogP contribution in [0.4, 0.5) is 0 Å². The van der Waals surface area contributed by atoms with Gasteiger partial charge < -0.3 is 4.90 Å². The summed E-state index contributed by atoms with van der Waals surface area (Å²) < 4.78 is 29.3. The lowest BCUT2D eigenvalue weighted by atomic mass is 9.90. The first kappa shape index (κ1) is 24.0. The van der Waals surface area contributed by atoms with Gasteiger partial charge in [-0.2, -0.15) is 5.10 Å². The number of hydrogen-bond donors (Lipinski definition) is 0. The van der Waals surface area contributed by atoms with Crippen molar-refractivity contribution in [3.63, 3.8) is 0 Å². The van der Waals surface area contributed by atoms with Gasteiger partial charge in [0.25, 0.3) is 5.91 Å². The molecule has 4 heterocycles. The molecule has 0 N–H and O–H groups in total. The lowest BCUT2D eigenvalue weighted by Gasteiger charge is -2.31. The normalized spacial score (nSPS) is 18.6. The Morgan fingerprint density at radius 2 is 1.66 bits per heavy atom. The highest BCUT2D eigenvalue weighted by atomic mass is 32.2. The Kier molecular flexibility index (Phi) is 6.93. The van der Waals surface area contributed by atoms with Gasteiger partial charge in [0, 0.05) is 32.4 Å². The summed E-state index contributed by atoms with van der Waals surface area (Å²) >= 11 is 0. The predicted octanol–water partition coefficient (Wildman–Crippen LogP) is 4.37. The number of carbonyl (C=O) groups excluding carboxylic acids is 1. The first-order valence-corrected chi connectivity index (χ1v) is 14.3. The SMILES string of the molecule is Cc1nn2ccc(C3CCN(S(=O)(=O)Cc4ccccc4)CC3)cc2c1C(=O)N1CCCCCC1. The van der Waals surface area contributed by atoms with Gasteiger partial charge in [-0.3, -0.25) is 4.79 Å². The Bertz CT molecular complexity index is 1290. The molecule has 8 heteroatoms. The van der Waals surface area contributed by atoms with Gasteiger partial charge in [0.1, 0.15) is 0 Å². The van der Waals surface area contributed by atoms with Crippen LogP contribution in [-0.2, 0) is 15.8 Å². The van der Waals surface area contributed by atoms with Gasteiger partial charge in [0.2, 0.25) is 10.0 Å². The topological polar surface area (TPSA) is 75.0 Å². The van der Waals surface area contributed by atoms with Crippen LogP contribution in [-0.4, -0.2) is 59.3 Å². The van der Waals surface area contributed by atoms with E-state index in [1.54, 1.807) is 4.31 Å². The summed E-state index contributed by atoms with van der Waals surface area (Å²) in [7, 11) is -3.34. The Morgan fingerprint density at radius 3 is 2.34 bits per heavy atom. The molecular weight excluding hydrogens is 460 g/mol. The molecule has 2 saturated heterocycles. The smallest absolute Gasteiger partial charge is 0.257 e. The number of benzene rings is 1. The third-order valence-electron chi connectivity index (χ3n) is 7.45. The predicted molar refractivity (Wildman–Crippen MR) is 137 cm³/mol. The highest BCUT2D eigenvalue weighted by Gasteiger charge is 2.30. The highest BCUT2D eigenvalue weighted by molar-refractivity contribution is 7.88. The number of sulfonamides is 1. The molecule has 0 spiro atoms. The number of carbonyl (C=O) groups is 1. The Balaban J connectivity index is 1.32. The molecular formula is C27H34N4O3S. The molecule has 0 unspecified atom stereocenters. The Labute approximate surface area is 207 Å². The summed E-state index contributed by atoms with van der Waals surface area (Å²) in [5.74, 6) is 0.388. The molecule has 1 amide bonds. The number of fused-ring (bicyclic) bond motifs is 1. The largest absolute Gasteiger partial charge is 0.339 e. The number of nitrogens with zero attached hydrogens (tertiary/aromatic N) is 4. The van der Waals surface area contributed by atoms with E-state index in [1.807, 2.05) is 52.9 Å². The second kappa shape index (κ2) is 10.1. The first-order valence-electron chi connectivity index (χ1n) is 12.7. The zero-order chi connectivity index (χ0) is 24.4. The number of aryl methyl sites for hydroxylation is 1. The van der Waals surface area contributed by atoms with E-state index in [0.717, 1.165) is 61.1 Å². The molecule has 2 fully saturated rings. The van der Waals surface area contributed by atoms with Crippen LogP contribution in [0.25, 0.3) is 5.52 Å². The molecule has 7 nitrogen and oxygen atoms in total. The van der Waals surface area contributed by atoms with Crippen LogP contribution >= 0.6 is 0 Å². The van der Waals surface area contributed by atoms with Gasteiger partial charge in [-0.25, -0.2) is 17.2 Å². The summed E-state index contributed by atoms with van der Waals surface area (Å²) in [4.78, 5) is 15.4. The van der Waals surface area contributed by atoms with Gasteiger partial charge in [0.15, 0.2) is 0 Å². The van der Waals surface area contributed by atoms with Crippen LogP contribution in [0.5, 0.6) is 0 Å². The van der Waals surface area contributed by atoms with E-state index in [1.165, 1.54) is 12.8 Å². The molecule has 5 rings (SSSR count). The van der Waals surface area contributed by atoms with Gasteiger partial charge in [-0.1, -0.05) is 43.2 Å². The van der Waals surface area contributed by atoms with E-state index in [9.17, 15) is 13.2 Å². The summed E-state index contributed by atoms with van der Waals surface area (Å²) in [6.07, 6.45) is 7.96. The van der Waals surface area contributed by atoms with Gasteiger partial charge in [-0.05, 0) is 61.8 Å². The molecule has 2 aliphatic rings. The van der Waals surface area contributed by atoms with Crippen molar-refractivity contribution in [3.05, 3.63) is 71.0 Å². The minimum Gasteiger partial charge on any atom is -0.339 e. The number of amides is 1. The van der Waals surface area contributed by atoms with E-state index < -0.39 is 10.0 Å². The van der Waals surface area contributed by atoms with E-state index in [0.29, 0.717) is 18.7 Å². The molecule has 0 atom stereocenters. The van der Waals surface area contributed by atoms with Gasteiger partial charge in [0.05, 0.1) is 22.5 Å². The number of hydrogen-bond acceptors (Lipinski definition) is 4. The highest BCUT2D eigenvalue weighted by Crippen LogP contribution is 2.32. The average Bonchev–Trinajstić information content (AvgIpc) is 3.01. The number of likely N-dealkylation sites (tertiary alicyclic amines) is 1. The number of piperidine rings is 1. The quantitative estimate of drug-likeness (QED) is 0.528. The van der Waals surface area contributed by atoms with Gasteiger partial charge >= 0.3 is 0 Å².